The first-order valence-corrected chi connectivity index (χ1v) is 8.01. The van der Waals surface area contributed by atoms with E-state index in [4.69, 9.17) is 0 Å². The van der Waals surface area contributed by atoms with Crippen LogP contribution in [-0.4, -0.2) is 42.0 Å². The minimum absolute atomic E-state index is 0.105. The zero-order valence-corrected chi connectivity index (χ0v) is 13.3. The predicted molar refractivity (Wildman–Crippen MR) is 89.1 cm³/mol. The van der Waals surface area contributed by atoms with E-state index in [1.807, 2.05) is 49.2 Å². The van der Waals surface area contributed by atoms with Gasteiger partial charge < -0.3 is 10.2 Å². The lowest BCUT2D eigenvalue weighted by Gasteiger charge is -2.27. The third-order valence-electron chi connectivity index (χ3n) is 4.49. The van der Waals surface area contributed by atoms with Crippen molar-refractivity contribution in [1.82, 2.24) is 15.2 Å². The molecule has 3 rings (SSSR count). The van der Waals surface area contributed by atoms with E-state index in [1.165, 1.54) is 0 Å². The standard InChI is InChI=1S/C18H23N3O/c1-13-12-16(15-7-3-4-8-17(15)20-13)18(22)21(2)14-6-5-10-19-11-9-14/h3-4,7-8,12,14,19H,5-6,9-11H2,1-2H3. The van der Waals surface area contributed by atoms with Crippen LogP contribution in [0.15, 0.2) is 30.3 Å². The molecule has 1 N–H and O–H groups in total. The van der Waals surface area contributed by atoms with Gasteiger partial charge in [-0.15, -0.1) is 0 Å². The number of pyridine rings is 1. The third kappa shape index (κ3) is 2.97. The summed E-state index contributed by atoms with van der Waals surface area (Å²) in [5.74, 6) is 0.105. The Morgan fingerprint density at radius 1 is 1.27 bits per heavy atom. The first-order valence-electron chi connectivity index (χ1n) is 8.01. The Labute approximate surface area is 131 Å². The highest BCUT2D eigenvalue weighted by Gasteiger charge is 2.23. The highest BCUT2D eigenvalue weighted by atomic mass is 16.2. The van der Waals surface area contributed by atoms with Gasteiger partial charge in [0.1, 0.15) is 0 Å². The van der Waals surface area contributed by atoms with Crippen LogP contribution >= 0.6 is 0 Å². The molecule has 22 heavy (non-hydrogen) atoms. The van der Waals surface area contributed by atoms with Gasteiger partial charge in [0, 0.05) is 24.2 Å². The molecule has 1 aliphatic heterocycles. The van der Waals surface area contributed by atoms with E-state index in [9.17, 15) is 4.79 Å². The van der Waals surface area contributed by atoms with Crippen molar-refractivity contribution >= 4 is 16.8 Å². The Morgan fingerprint density at radius 3 is 2.95 bits per heavy atom. The van der Waals surface area contributed by atoms with E-state index in [1.54, 1.807) is 0 Å². The SMILES string of the molecule is Cc1cc(C(=O)N(C)C2CCCNCC2)c2ccccc2n1. The van der Waals surface area contributed by atoms with Crippen LogP contribution in [0, 0.1) is 6.92 Å². The number of nitrogens with zero attached hydrogens (tertiary/aromatic N) is 2. The zero-order chi connectivity index (χ0) is 15.5. The molecule has 1 fully saturated rings. The van der Waals surface area contributed by atoms with Crippen LogP contribution in [0.4, 0.5) is 0 Å². The average Bonchev–Trinajstić information content (AvgIpc) is 2.82. The number of hydrogen-bond acceptors (Lipinski definition) is 3. The van der Waals surface area contributed by atoms with Gasteiger partial charge in [-0.3, -0.25) is 9.78 Å². The molecule has 2 aromatic rings. The maximum absolute atomic E-state index is 13.0. The molecule has 1 amide bonds. The van der Waals surface area contributed by atoms with E-state index in [0.29, 0.717) is 6.04 Å². The van der Waals surface area contributed by atoms with Gasteiger partial charge in [0.05, 0.1) is 11.1 Å². The molecule has 0 saturated carbocycles. The average molecular weight is 297 g/mol. The van der Waals surface area contributed by atoms with E-state index >= 15 is 0 Å². The molecule has 1 aromatic carbocycles. The number of aromatic nitrogens is 1. The van der Waals surface area contributed by atoms with E-state index in [0.717, 1.165) is 54.5 Å². The van der Waals surface area contributed by atoms with E-state index < -0.39 is 0 Å². The number of rotatable bonds is 2. The molecule has 0 radical (unpaired) electrons. The molecule has 1 unspecified atom stereocenters. The van der Waals surface area contributed by atoms with Crippen molar-refractivity contribution in [2.24, 2.45) is 0 Å². The third-order valence-corrected chi connectivity index (χ3v) is 4.49. The fourth-order valence-electron chi connectivity index (χ4n) is 3.23. The fourth-order valence-corrected chi connectivity index (χ4v) is 3.23. The molecular weight excluding hydrogens is 274 g/mol. The molecule has 1 aliphatic rings. The van der Waals surface area contributed by atoms with Crippen molar-refractivity contribution in [3.63, 3.8) is 0 Å². The van der Waals surface area contributed by atoms with Crippen molar-refractivity contribution in [1.29, 1.82) is 0 Å². The Balaban J connectivity index is 1.94. The van der Waals surface area contributed by atoms with Gasteiger partial charge in [-0.1, -0.05) is 18.2 Å². The quantitative estimate of drug-likeness (QED) is 0.927. The van der Waals surface area contributed by atoms with Crippen LogP contribution in [-0.2, 0) is 0 Å². The number of carbonyl (C=O) groups excluding carboxylic acids is 1. The van der Waals surface area contributed by atoms with Crippen molar-refractivity contribution in [2.75, 3.05) is 20.1 Å². The molecule has 4 heteroatoms. The molecular formula is C18H23N3O. The molecule has 0 spiro atoms. The van der Waals surface area contributed by atoms with Crippen molar-refractivity contribution in [3.05, 3.63) is 41.6 Å². The first-order chi connectivity index (χ1) is 10.7. The van der Waals surface area contributed by atoms with E-state index in [-0.39, 0.29) is 5.91 Å². The topological polar surface area (TPSA) is 45.2 Å². The molecule has 1 aromatic heterocycles. The smallest absolute Gasteiger partial charge is 0.254 e. The lowest BCUT2D eigenvalue weighted by Crippen LogP contribution is -2.37. The van der Waals surface area contributed by atoms with Crippen molar-refractivity contribution in [2.45, 2.75) is 32.2 Å². The first kappa shape index (κ1) is 15.0. The lowest BCUT2D eigenvalue weighted by molar-refractivity contribution is 0.0722. The number of nitrogens with one attached hydrogen (secondary N) is 1. The number of carbonyl (C=O) groups is 1. The maximum atomic E-state index is 13.0. The van der Waals surface area contributed by atoms with Crippen LogP contribution in [0.1, 0.15) is 35.3 Å². The largest absolute Gasteiger partial charge is 0.339 e. The van der Waals surface area contributed by atoms with Crippen molar-refractivity contribution in [3.8, 4) is 0 Å². The summed E-state index contributed by atoms with van der Waals surface area (Å²) in [6.07, 6.45) is 3.21. The minimum Gasteiger partial charge on any atom is -0.339 e. The molecule has 1 saturated heterocycles. The highest BCUT2D eigenvalue weighted by molar-refractivity contribution is 6.06. The summed E-state index contributed by atoms with van der Waals surface area (Å²) in [7, 11) is 1.93. The molecule has 0 bridgehead atoms. The zero-order valence-electron chi connectivity index (χ0n) is 13.3. The minimum atomic E-state index is 0.105. The highest BCUT2D eigenvalue weighted by Crippen LogP contribution is 2.22. The van der Waals surface area contributed by atoms with Gasteiger partial charge in [-0.05, 0) is 51.4 Å². The van der Waals surface area contributed by atoms with Gasteiger partial charge in [0.25, 0.3) is 5.91 Å². The van der Waals surface area contributed by atoms with Gasteiger partial charge in [0.2, 0.25) is 0 Å². The summed E-state index contributed by atoms with van der Waals surface area (Å²) in [6, 6.07) is 10.1. The van der Waals surface area contributed by atoms with Gasteiger partial charge in [-0.2, -0.15) is 0 Å². The number of fused-ring (bicyclic) bond motifs is 1. The number of aryl methyl sites for hydroxylation is 1. The maximum Gasteiger partial charge on any atom is 0.254 e. The van der Waals surface area contributed by atoms with Crippen LogP contribution in [0.3, 0.4) is 0 Å². The molecule has 0 aliphatic carbocycles. The molecule has 116 valence electrons. The Hall–Kier alpha value is -1.94. The second-order valence-corrected chi connectivity index (χ2v) is 6.08. The second-order valence-electron chi connectivity index (χ2n) is 6.08. The Kier molecular flexibility index (Phi) is 4.39. The van der Waals surface area contributed by atoms with E-state index in [2.05, 4.69) is 10.3 Å². The fraction of sp³-hybridized carbons (Fsp3) is 0.444. The predicted octanol–water partition coefficient (Wildman–Crippen LogP) is 2.76. The summed E-state index contributed by atoms with van der Waals surface area (Å²) in [5, 5.41) is 4.34. The second kappa shape index (κ2) is 6.44. The monoisotopic (exact) mass is 297 g/mol. The summed E-state index contributed by atoms with van der Waals surface area (Å²) < 4.78 is 0. The van der Waals surface area contributed by atoms with Crippen LogP contribution < -0.4 is 5.32 Å². The van der Waals surface area contributed by atoms with Crippen LogP contribution in [0.5, 0.6) is 0 Å². The molecule has 1 atom stereocenters. The number of benzene rings is 1. The van der Waals surface area contributed by atoms with Crippen LogP contribution in [0.25, 0.3) is 10.9 Å². The van der Waals surface area contributed by atoms with Gasteiger partial charge in [-0.25, -0.2) is 0 Å². The number of hydrogen-bond donors (Lipinski definition) is 1. The van der Waals surface area contributed by atoms with Crippen LogP contribution in [0.2, 0.25) is 0 Å². The molecule has 4 nitrogen and oxygen atoms in total. The Morgan fingerprint density at radius 2 is 2.09 bits per heavy atom. The number of amides is 1. The van der Waals surface area contributed by atoms with Gasteiger partial charge >= 0.3 is 0 Å². The summed E-state index contributed by atoms with van der Waals surface area (Å²) in [5.41, 5.74) is 2.54. The van der Waals surface area contributed by atoms with Crippen molar-refractivity contribution < 1.29 is 4.79 Å². The van der Waals surface area contributed by atoms with Gasteiger partial charge in [0.15, 0.2) is 0 Å². The lowest BCUT2D eigenvalue weighted by atomic mass is 10.0. The summed E-state index contributed by atoms with van der Waals surface area (Å²) in [4.78, 5) is 19.4. The molecule has 2 heterocycles. The normalized spacial score (nSPS) is 18.9. The summed E-state index contributed by atoms with van der Waals surface area (Å²) >= 11 is 0. The summed E-state index contributed by atoms with van der Waals surface area (Å²) in [6.45, 7) is 3.98. The Bertz CT molecular complexity index is 675. The number of para-hydroxylation sites is 1.